The van der Waals surface area contributed by atoms with Gasteiger partial charge in [-0.05, 0) is 13.8 Å². The monoisotopic (exact) mass is 239 g/mol. The number of hydroxylamine groups is 1. The van der Waals surface area contributed by atoms with E-state index >= 15 is 0 Å². The first-order valence-electron chi connectivity index (χ1n) is 4.43. The van der Waals surface area contributed by atoms with Gasteiger partial charge in [0.1, 0.15) is 10.9 Å². The standard InChI is InChI=1S/C8H17NO3S2/c1-7(2)6(12-9-3)8(4-10,5-11)14-13-7/h6,9-11H,4-5H2,1-3H3. The van der Waals surface area contributed by atoms with E-state index in [4.69, 9.17) is 4.84 Å². The third-order valence-electron chi connectivity index (χ3n) is 2.30. The van der Waals surface area contributed by atoms with Crippen LogP contribution in [0.15, 0.2) is 0 Å². The van der Waals surface area contributed by atoms with Crippen molar-refractivity contribution in [2.75, 3.05) is 20.3 Å². The van der Waals surface area contributed by atoms with Crippen molar-refractivity contribution < 1.29 is 15.1 Å². The molecule has 0 spiro atoms. The fourth-order valence-electron chi connectivity index (χ4n) is 1.55. The summed E-state index contributed by atoms with van der Waals surface area (Å²) in [4.78, 5) is 5.40. The van der Waals surface area contributed by atoms with Crippen molar-refractivity contribution in [3.8, 4) is 0 Å². The Balaban J connectivity index is 2.86. The number of hydrogen-bond donors (Lipinski definition) is 3. The van der Waals surface area contributed by atoms with E-state index in [0.717, 1.165) is 0 Å². The fraction of sp³-hybridized carbons (Fsp3) is 1.00. The molecule has 0 bridgehead atoms. The zero-order valence-electron chi connectivity index (χ0n) is 8.61. The second-order valence-electron chi connectivity index (χ2n) is 3.85. The molecule has 84 valence electrons. The molecule has 4 nitrogen and oxygen atoms in total. The summed E-state index contributed by atoms with van der Waals surface area (Å²) in [7, 11) is 4.82. The summed E-state index contributed by atoms with van der Waals surface area (Å²) in [5, 5.41) is 18.7. The molecule has 0 aliphatic carbocycles. The van der Waals surface area contributed by atoms with Crippen LogP contribution in [0, 0.1) is 0 Å². The van der Waals surface area contributed by atoms with Crippen molar-refractivity contribution in [2.45, 2.75) is 29.4 Å². The smallest absolute Gasteiger partial charge is 0.114 e. The quantitative estimate of drug-likeness (QED) is 0.488. The minimum Gasteiger partial charge on any atom is -0.395 e. The molecule has 0 radical (unpaired) electrons. The molecular formula is C8H17NO3S2. The second kappa shape index (κ2) is 4.59. The van der Waals surface area contributed by atoms with Crippen LogP contribution in [0.3, 0.4) is 0 Å². The summed E-state index contributed by atoms with van der Waals surface area (Å²) in [6.07, 6.45) is -0.218. The largest absolute Gasteiger partial charge is 0.395 e. The Morgan fingerprint density at radius 1 is 1.29 bits per heavy atom. The maximum atomic E-state index is 9.34. The molecule has 3 N–H and O–H groups in total. The minimum atomic E-state index is -0.614. The Bertz CT molecular complexity index is 197. The normalized spacial score (nSPS) is 29.4. The van der Waals surface area contributed by atoms with Gasteiger partial charge in [0, 0.05) is 7.05 Å². The van der Waals surface area contributed by atoms with Crippen molar-refractivity contribution in [1.82, 2.24) is 5.48 Å². The first-order chi connectivity index (χ1) is 6.52. The molecule has 1 rings (SSSR count). The van der Waals surface area contributed by atoms with Crippen molar-refractivity contribution in [3.63, 3.8) is 0 Å². The highest BCUT2D eigenvalue weighted by Gasteiger charge is 2.55. The molecule has 1 fully saturated rings. The summed E-state index contributed by atoms with van der Waals surface area (Å²) >= 11 is 0. The molecule has 0 aromatic rings. The van der Waals surface area contributed by atoms with Crippen molar-refractivity contribution in [3.05, 3.63) is 0 Å². The number of rotatable bonds is 4. The number of aliphatic hydroxyl groups excluding tert-OH is 2. The topological polar surface area (TPSA) is 61.7 Å². The fourth-order valence-corrected chi connectivity index (χ4v) is 4.88. The van der Waals surface area contributed by atoms with Crippen molar-refractivity contribution in [1.29, 1.82) is 0 Å². The highest BCUT2D eigenvalue weighted by atomic mass is 33.1. The van der Waals surface area contributed by atoms with Gasteiger partial charge in [0.05, 0.1) is 18.0 Å². The maximum absolute atomic E-state index is 9.34. The Kier molecular flexibility index (Phi) is 4.13. The Morgan fingerprint density at radius 2 is 1.86 bits per heavy atom. The summed E-state index contributed by atoms with van der Waals surface area (Å²) in [5.41, 5.74) is 2.64. The van der Waals surface area contributed by atoms with Crippen LogP contribution in [-0.2, 0) is 4.84 Å². The number of hydrogen-bond acceptors (Lipinski definition) is 6. The van der Waals surface area contributed by atoms with Gasteiger partial charge in [0.15, 0.2) is 0 Å². The zero-order chi connectivity index (χ0) is 10.8. The zero-order valence-corrected chi connectivity index (χ0v) is 10.2. The molecule has 1 aliphatic heterocycles. The average molecular weight is 239 g/mol. The lowest BCUT2D eigenvalue weighted by molar-refractivity contribution is -0.0662. The summed E-state index contributed by atoms with van der Waals surface area (Å²) < 4.78 is -0.740. The lowest BCUT2D eigenvalue weighted by Gasteiger charge is -2.34. The summed E-state index contributed by atoms with van der Waals surface area (Å²) in [6.45, 7) is 3.91. The predicted octanol–water partition coefficient (Wildman–Crippen LogP) is 0.403. The van der Waals surface area contributed by atoms with Crippen LogP contribution in [0.2, 0.25) is 0 Å². The van der Waals surface area contributed by atoms with Crippen LogP contribution in [0.5, 0.6) is 0 Å². The van der Waals surface area contributed by atoms with E-state index in [2.05, 4.69) is 5.48 Å². The van der Waals surface area contributed by atoms with Gasteiger partial charge in [-0.2, -0.15) is 0 Å². The molecular weight excluding hydrogens is 222 g/mol. The van der Waals surface area contributed by atoms with E-state index in [9.17, 15) is 10.2 Å². The lowest BCUT2D eigenvalue weighted by Crippen LogP contribution is -2.52. The Morgan fingerprint density at radius 3 is 2.29 bits per heavy atom. The maximum Gasteiger partial charge on any atom is 0.114 e. The van der Waals surface area contributed by atoms with Crippen LogP contribution in [0.4, 0.5) is 0 Å². The summed E-state index contributed by atoms with van der Waals surface area (Å²) in [5.74, 6) is 0. The van der Waals surface area contributed by atoms with Gasteiger partial charge < -0.3 is 10.2 Å². The first-order valence-corrected chi connectivity index (χ1v) is 6.58. The van der Waals surface area contributed by atoms with Gasteiger partial charge in [0.2, 0.25) is 0 Å². The van der Waals surface area contributed by atoms with Gasteiger partial charge in [-0.1, -0.05) is 21.6 Å². The van der Waals surface area contributed by atoms with Gasteiger partial charge in [-0.25, -0.2) is 5.48 Å². The highest BCUT2D eigenvalue weighted by Crippen LogP contribution is 2.57. The van der Waals surface area contributed by atoms with Gasteiger partial charge in [-0.3, -0.25) is 4.84 Å². The van der Waals surface area contributed by atoms with Gasteiger partial charge in [-0.15, -0.1) is 0 Å². The van der Waals surface area contributed by atoms with Crippen LogP contribution >= 0.6 is 21.6 Å². The molecule has 1 aliphatic rings. The van der Waals surface area contributed by atoms with E-state index in [-0.39, 0.29) is 24.1 Å². The van der Waals surface area contributed by atoms with E-state index in [0.29, 0.717) is 0 Å². The third-order valence-corrected chi connectivity index (χ3v) is 6.37. The molecule has 0 amide bonds. The third kappa shape index (κ3) is 2.05. The SMILES string of the molecule is CNOC1C(C)(C)SSC1(CO)CO. The number of nitrogens with one attached hydrogen (secondary N) is 1. The molecule has 1 atom stereocenters. The molecule has 14 heavy (non-hydrogen) atoms. The predicted molar refractivity (Wildman–Crippen MR) is 60.1 cm³/mol. The van der Waals surface area contributed by atoms with Crippen LogP contribution in [0.1, 0.15) is 13.8 Å². The lowest BCUT2D eigenvalue weighted by atomic mass is 9.92. The molecule has 1 saturated heterocycles. The number of aliphatic hydroxyl groups is 2. The van der Waals surface area contributed by atoms with Crippen molar-refractivity contribution in [2.24, 2.45) is 0 Å². The van der Waals surface area contributed by atoms with E-state index in [1.807, 2.05) is 13.8 Å². The molecule has 6 heteroatoms. The second-order valence-corrected chi connectivity index (χ2v) is 7.05. The first kappa shape index (κ1) is 12.6. The summed E-state index contributed by atoms with van der Waals surface area (Å²) in [6, 6.07) is 0. The molecule has 0 aromatic carbocycles. The highest BCUT2D eigenvalue weighted by molar-refractivity contribution is 8.78. The van der Waals surface area contributed by atoms with Crippen molar-refractivity contribution >= 4 is 21.6 Å². The van der Waals surface area contributed by atoms with E-state index < -0.39 is 4.75 Å². The van der Waals surface area contributed by atoms with Gasteiger partial charge >= 0.3 is 0 Å². The van der Waals surface area contributed by atoms with E-state index in [1.54, 1.807) is 17.8 Å². The molecule has 1 heterocycles. The molecule has 0 aromatic heterocycles. The average Bonchev–Trinajstić information content (AvgIpc) is 2.42. The van der Waals surface area contributed by atoms with E-state index in [1.165, 1.54) is 10.8 Å². The Labute approximate surface area is 92.1 Å². The minimum absolute atomic E-state index is 0.0864. The molecule has 1 unspecified atom stereocenters. The van der Waals surface area contributed by atoms with Crippen LogP contribution < -0.4 is 5.48 Å². The van der Waals surface area contributed by atoms with Gasteiger partial charge in [0.25, 0.3) is 0 Å². The molecule has 0 saturated carbocycles. The van der Waals surface area contributed by atoms with Crippen LogP contribution in [-0.4, -0.2) is 46.1 Å². The van der Waals surface area contributed by atoms with Crippen LogP contribution in [0.25, 0.3) is 0 Å². The Hall–Kier alpha value is 0.540.